The van der Waals surface area contributed by atoms with Crippen LogP contribution in [0.1, 0.15) is 5.56 Å². The highest BCUT2D eigenvalue weighted by molar-refractivity contribution is 5.92. The molecular formula is C23H24N2O2. The van der Waals surface area contributed by atoms with Gasteiger partial charge in [-0.05, 0) is 48.0 Å². The fourth-order valence-electron chi connectivity index (χ4n) is 2.96. The van der Waals surface area contributed by atoms with Gasteiger partial charge < -0.3 is 10.1 Å². The van der Waals surface area contributed by atoms with E-state index in [9.17, 15) is 4.79 Å². The number of methoxy groups -OCH3 is 1. The lowest BCUT2D eigenvalue weighted by Crippen LogP contribution is -2.29. The summed E-state index contributed by atoms with van der Waals surface area (Å²) in [6.45, 7) is 0.995. The molecule has 0 aromatic heterocycles. The molecule has 3 aromatic rings. The molecule has 1 amide bonds. The van der Waals surface area contributed by atoms with Gasteiger partial charge in [-0.2, -0.15) is 0 Å². The van der Waals surface area contributed by atoms with E-state index in [0.29, 0.717) is 13.1 Å². The van der Waals surface area contributed by atoms with E-state index in [1.165, 1.54) is 0 Å². The van der Waals surface area contributed by atoms with Crippen molar-refractivity contribution in [2.45, 2.75) is 6.54 Å². The summed E-state index contributed by atoms with van der Waals surface area (Å²) in [5.41, 5.74) is 4.20. The molecule has 0 heterocycles. The molecule has 0 aliphatic rings. The summed E-state index contributed by atoms with van der Waals surface area (Å²) < 4.78 is 5.24. The lowest BCUT2D eigenvalue weighted by Gasteiger charge is -2.17. The van der Waals surface area contributed by atoms with Crippen LogP contribution in [0.2, 0.25) is 0 Å². The molecule has 0 fully saturated rings. The standard InChI is InChI=1S/C23H24N2O2/c1-25(16-18-7-6-10-22(15-18)27-2)17-23(26)24-21-13-11-20(12-14-21)19-8-4-3-5-9-19/h3-15H,16-17H2,1-2H3,(H,24,26). The summed E-state index contributed by atoms with van der Waals surface area (Å²) in [6, 6.07) is 26.0. The summed E-state index contributed by atoms with van der Waals surface area (Å²) in [7, 11) is 3.58. The topological polar surface area (TPSA) is 41.6 Å². The molecule has 0 spiro atoms. The van der Waals surface area contributed by atoms with Gasteiger partial charge >= 0.3 is 0 Å². The van der Waals surface area contributed by atoms with Gasteiger partial charge in [-0.15, -0.1) is 0 Å². The average Bonchev–Trinajstić information content (AvgIpc) is 2.69. The molecule has 1 N–H and O–H groups in total. The number of likely N-dealkylation sites (N-methyl/N-ethyl adjacent to an activating group) is 1. The number of hydrogen-bond acceptors (Lipinski definition) is 3. The Bertz CT molecular complexity index is 876. The van der Waals surface area contributed by atoms with Crippen LogP contribution in [0.5, 0.6) is 5.75 Å². The molecule has 0 saturated heterocycles. The Morgan fingerprint density at radius 2 is 1.63 bits per heavy atom. The van der Waals surface area contributed by atoms with E-state index in [-0.39, 0.29) is 5.91 Å². The zero-order valence-corrected chi connectivity index (χ0v) is 15.7. The van der Waals surface area contributed by atoms with E-state index in [0.717, 1.165) is 28.1 Å². The second-order valence-electron chi connectivity index (χ2n) is 6.52. The van der Waals surface area contributed by atoms with Crippen LogP contribution in [-0.4, -0.2) is 31.5 Å². The van der Waals surface area contributed by atoms with E-state index in [1.54, 1.807) is 7.11 Å². The number of carbonyl (C=O) groups is 1. The van der Waals surface area contributed by atoms with Crippen molar-refractivity contribution >= 4 is 11.6 Å². The van der Waals surface area contributed by atoms with Crippen molar-refractivity contribution in [1.82, 2.24) is 4.90 Å². The Morgan fingerprint density at radius 3 is 2.33 bits per heavy atom. The van der Waals surface area contributed by atoms with Gasteiger partial charge in [-0.1, -0.05) is 54.6 Å². The van der Waals surface area contributed by atoms with Crippen molar-refractivity contribution in [2.24, 2.45) is 0 Å². The third-order valence-electron chi connectivity index (χ3n) is 4.28. The summed E-state index contributed by atoms with van der Waals surface area (Å²) in [5, 5.41) is 2.95. The molecule has 3 aromatic carbocycles. The number of carbonyl (C=O) groups excluding carboxylic acids is 1. The van der Waals surface area contributed by atoms with Crippen LogP contribution in [0.4, 0.5) is 5.69 Å². The molecule has 4 heteroatoms. The van der Waals surface area contributed by atoms with Crippen molar-refractivity contribution in [3.63, 3.8) is 0 Å². The van der Waals surface area contributed by atoms with E-state index in [1.807, 2.05) is 78.7 Å². The molecule has 0 atom stereocenters. The van der Waals surface area contributed by atoms with Crippen LogP contribution >= 0.6 is 0 Å². The Balaban J connectivity index is 1.54. The van der Waals surface area contributed by atoms with Gasteiger partial charge in [0, 0.05) is 12.2 Å². The van der Waals surface area contributed by atoms with Crippen molar-refractivity contribution in [3.05, 3.63) is 84.4 Å². The van der Waals surface area contributed by atoms with Gasteiger partial charge in [0.2, 0.25) is 5.91 Å². The molecule has 0 aliphatic heterocycles. The van der Waals surface area contributed by atoms with E-state index in [4.69, 9.17) is 4.74 Å². The highest BCUT2D eigenvalue weighted by atomic mass is 16.5. The minimum atomic E-state index is -0.0344. The number of nitrogens with zero attached hydrogens (tertiary/aromatic N) is 1. The van der Waals surface area contributed by atoms with Crippen molar-refractivity contribution in [2.75, 3.05) is 26.0 Å². The summed E-state index contributed by atoms with van der Waals surface area (Å²) >= 11 is 0. The summed E-state index contributed by atoms with van der Waals surface area (Å²) in [5.74, 6) is 0.789. The third kappa shape index (κ3) is 5.43. The number of hydrogen-bond donors (Lipinski definition) is 1. The van der Waals surface area contributed by atoms with Crippen molar-refractivity contribution < 1.29 is 9.53 Å². The fourth-order valence-corrected chi connectivity index (χ4v) is 2.96. The minimum Gasteiger partial charge on any atom is -0.497 e. The minimum absolute atomic E-state index is 0.0344. The average molecular weight is 360 g/mol. The maximum absolute atomic E-state index is 12.3. The predicted octanol–water partition coefficient (Wildman–Crippen LogP) is 4.43. The van der Waals surface area contributed by atoms with Gasteiger partial charge in [0.25, 0.3) is 0 Å². The van der Waals surface area contributed by atoms with Crippen LogP contribution in [0, 0.1) is 0 Å². The Labute approximate surface area is 160 Å². The second-order valence-corrected chi connectivity index (χ2v) is 6.52. The summed E-state index contributed by atoms with van der Waals surface area (Å²) in [6.07, 6.45) is 0. The Morgan fingerprint density at radius 1 is 0.926 bits per heavy atom. The van der Waals surface area contributed by atoms with Crippen LogP contribution in [0.3, 0.4) is 0 Å². The maximum Gasteiger partial charge on any atom is 0.238 e. The molecule has 3 rings (SSSR count). The molecule has 138 valence electrons. The first-order valence-corrected chi connectivity index (χ1v) is 8.91. The largest absolute Gasteiger partial charge is 0.497 e. The van der Waals surface area contributed by atoms with Gasteiger partial charge in [0.15, 0.2) is 0 Å². The van der Waals surface area contributed by atoms with Crippen LogP contribution < -0.4 is 10.1 Å². The Kier molecular flexibility index (Phi) is 6.23. The van der Waals surface area contributed by atoms with Gasteiger partial charge in [-0.25, -0.2) is 0 Å². The highest BCUT2D eigenvalue weighted by Crippen LogP contribution is 2.21. The molecule has 0 unspecified atom stereocenters. The van der Waals surface area contributed by atoms with Gasteiger partial charge in [-0.3, -0.25) is 9.69 Å². The second kappa shape index (κ2) is 9.01. The fraction of sp³-hybridized carbons (Fsp3) is 0.174. The number of benzene rings is 3. The molecular weight excluding hydrogens is 336 g/mol. The summed E-state index contributed by atoms with van der Waals surface area (Å²) in [4.78, 5) is 14.3. The first-order valence-electron chi connectivity index (χ1n) is 8.91. The number of rotatable bonds is 7. The van der Waals surface area contributed by atoms with E-state index >= 15 is 0 Å². The van der Waals surface area contributed by atoms with E-state index in [2.05, 4.69) is 17.4 Å². The van der Waals surface area contributed by atoms with Crippen molar-refractivity contribution in [1.29, 1.82) is 0 Å². The third-order valence-corrected chi connectivity index (χ3v) is 4.28. The quantitative estimate of drug-likeness (QED) is 0.678. The zero-order chi connectivity index (χ0) is 19.1. The molecule has 0 bridgehead atoms. The SMILES string of the molecule is COc1cccc(CN(C)CC(=O)Nc2ccc(-c3ccccc3)cc2)c1. The molecule has 0 saturated carbocycles. The monoisotopic (exact) mass is 360 g/mol. The molecule has 27 heavy (non-hydrogen) atoms. The normalized spacial score (nSPS) is 10.6. The lowest BCUT2D eigenvalue weighted by atomic mass is 10.1. The number of nitrogens with one attached hydrogen (secondary N) is 1. The van der Waals surface area contributed by atoms with Crippen LogP contribution in [0.25, 0.3) is 11.1 Å². The number of amides is 1. The van der Waals surface area contributed by atoms with Crippen LogP contribution in [0.15, 0.2) is 78.9 Å². The van der Waals surface area contributed by atoms with Gasteiger partial charge in [0.1, 0.15) is 5.75 Å². The predicted molar refractivity (Wildman–Crippen MR) is 110 cm³/mol. The van der Waals surface area contributed by atoms with Crippen LogP contribution in [-0.2, 0) is 11.3 Å². The molecule has 0 aliphatic carbocycles. The maximum atomic E-state index is 12.3. The first kappa shape index (κ1) is 18.7. The van der Waals surface area contributed by atoms with Crippen molar-refractivity contribution in [3.8, 4) is 16.9 Å². The number of ether oxygens (including phenoxy) is 1. The van der Waals surface area contributed by atoms with Gasteiger partial charge in [0.05, 0.1) is 13.7 Å². The molecule has 4 nitrogen and oxygen atoms in total. The van der Waals surface area contributed by atoms with E-state index < -0.39 is 0 Å². The first-order chi connectivity index (χ1) is 13.1. The highest BCUT2D eigenvalue weighted by Gasteiger charge is 2.08. The number of anilines is 1. The zero-order valence-electron chi connectivity index (χ0n) is 15.7. The lowest BCUT2D eigenvalue weighted by molar-refractivity contribution is -0.117. The Hall–Kier alpha value is -3.11. The smallest absolute Gasteiger partial charge is 0.238 e. The molecule has 0 radical (unpaired) electrons.